The summed E-state index contributed by atoms with van der Waals surface area (Å²) in [6.07, 6.45) is 1.34. The lowest BCUT2D eigenvalue weighted by atomic mass is 9.97. The quantitative estimate of drug-likeness (QED) is 0.258. The summed E-state index contributed by atoms with van der Waals surface area (Å²) in [4.78, 5) is 37.3. The molecule has 1 saturated carbocycles. The number of rotatable bonds is 7. The van der Waals surface area contributed by atoms with Crippen LogP contribution in [0.2, 0.25) is 0 Å². The molecule has 2 fully saturated rings. The van der Waals surface area contributed by atoms with E-state index in [0.717, 1.165) is 6.42 Å². The Labute approximate surface area is 251 Å². The van der Waals surface area contributed by atoms with Crippen LogP contribution < -0.4 is 16.0 Å². The Kier molecular flexibility index (Phi) is 11.4. The number of nitrogens with one attached hydrogen (secondary N) is 3. The van der Waals surface area contributed by atoms with Gasteiger partial charge in [0.1, 0.15) is 6.04 Å². The molecule has 2 unspecified atom stereocenters. The number of amides is 3. The predicted molar refractivity (Wildman–Crippen MR) is 141 cm³/mol. The first kappa shape index (κ1) is 35.2. The summed E-state index contributed by atoms with van der Waals surface area (Å²) in [7, 11) is 1.56. The summed E-state index contributed by atoms with van der Waals surface area (Å²) < 4.78 is 95.4. The fraction of sp³-hybridized carbons (Fsp3) is 0.577. The van der Waals surface area contributed by atoms with Crippen molar-refractivity contribution in [1.82, 2.24) is 40.9 Å². The van der Waals surface area contributed by atoms with Gasteiger partial charge in [-0.3, -0.25) is 14.4 Å². The van der Waals surface area contributed by atoms with Gasteiger partial charge in [-0.15, -0.1) is 0 Å². The van der Waals surface area contributed by atoms with E-state index in [1.54, 1.807) is 13.1 Å². The van der Waals surface area contributed by atoms with Gasteiger partial charge in [-0.1, -0.05) is 6.42 Å². The first-order valence-corrected chi connectivity index (χ1v) is 13.7. The Hall–Kier alpha value is -4.32. The van der Waals surface area contributed by atoms with Crippen molar-refractivity contribution in [3.8, 4) is 0 Å². The molecule has 19 heteroatoms. The number of imidazole rings is 1. The molecule has 2 atom stereocenters. The van der Waals surface area contributed by atoms with Crippen LogP contribution in [0, 0.1) is 5.92 Å². The molecule has 248 valence electrons. The van der Waals surface area contributed by atoms with Crippen LogP contribution in [0.3, 0.4) is 0 Å². The lowest BCUT2D eigenvalue weighted by molar-refractivity contribution is -0.154. The molecule has 4 heterocycles. The number of hydrogen-bond acceptors (Lipinski definition) is 8. The van der Waals surface area contributed by atoms with Crippen LogP contribution in [0.5, 0.6) is 0 Å². The minimum Gasteiger partial charge on any atom is -0.362 e. The number of nitrogens with zero attached hydrogens (tertiary/aromatic N) is 5. The van der Waals surface area contributed by atoms with Gasteiger partial charge in [-0.05, 0) is 47.6 Å². The SMILES string of the molecule is CC(F)(F)c1nonc1C(=O)NCc1cn2ncc(CC3CC(C(F)(F)F)NC3=O)cc2n1.CNC=O.FC1(F)CCCCC1. The zero-order chi connectivity index (χ0) is 33.4. The molecule has 3 N–H and O–H groups in total. The molecule has 0 spiro atoms. The monoisotopic (exact) mass is 652 g/mol. The molecule has 0 bridgehead atoms. The lowest BCUT2D eigenvalue weighted by Crippen LogP contribution is -2.38. The van der Waals surface area contributed by atoms with E-state index in [2.05, 4.69) is 35.7 Å². The largest absolute Gasteiger partial charge is 0.408 e. The summed E-state index contributed by atoms with van der Waals surface area (Å²) in [6.45, 7) is 0.393. The van der Waals surface area contributed by atoms with E-state index < -0.39 is 53.2 Å². The normalized spacial score (nSPS) is 19.4. The summed E-state index contributed by atoms with van der Waals surface area (Å²) in [5, 5.41) is 16.9. The van der Waals surface area contributed by atoms with Gasteiger partial charge >= 0.3 is 6.18 Å². The molecular formula is C26H31F7N8O4. The van der Waals surface area contributed by atoms with E-state index in [0.29, 0.717) is 43.1 Å². The first-order chi connectivity index (χ1) is 21.0. The maximum absolute atomic E-state index is 13.5. The van der Waals surface area contributed by atoms with Crippen LogP contribution in [0.1, 0.15) is 72.9 Å². The number of halogens is 7. The van der Waals surface area contributed by atoms with Crippen LogP contribution in [0.4, 0.5) is 30.7 Å². The number of carbonyl (C=O) groups is 3. The fourth-order valence-electron chi connectivity index (χ4n) is 4.53. The van der Waals surface area contributed by atoms with Crippen molar-refractivity contribution < 1.29 is 49.7 Å². The van der Waals surface area contributed by atoms with Crippen LogP contribution in [-0.2, 0) is 28.5 Å². The zero-order valence-corrected chi connectivity index (χ0v) is 24.1. The molecule has 0 aromatic carbocycles. The third-order valence-corrected chi connectivity index (χ3v) is 6.76. The molecule has 3 aromatic heterocycles. The van der Waals surface area contributed by atoms with E-state index >= 15 is 0 Å². The Balaban J connectivity index is 0.000000387. The minimum atomic E-state index is -4.51. The average Bonchev–Trinajstić information content (AvgIpc) is 3.70. The van der Waals surface area contributed by atoms with Crippen molar-refractivity contribution in [2.75, 3.05) is 7.05 Å². The van der Waals surface area contributed by atoms with Crippen molar-refractivity contribution >= 4 is 23.9 Å². The Morgan fingerprint density at radius 2 is 1.84 bits per heavy atom. The van der Waals surface area contributed by atoms with E-state index in [4.69, 9.17) is 4.79 Å². The van der Waals surface area contributed by atoms with Crippen LogP contribution in [0.15, 0.2) is 23.1 Å². The molecule has 3 aromatic rings. The van der Waals surface area contributed by atoms with Gasteiger partial charge in [-0.25, -0.2) is 22.9 Å². The average molecular weight is 653 g/mol. The van der Waals surface area contributed by atoms with E-state index in [9.17, 15) is 40.3 Å². The second-order valence-corrected chi connectivity index (χ2v) is 10.5. The molecule has 2 aliphatic rings. The van der Waals surface area contributed by atoms with Gasteiger partial charge in [0.05, 0.1) is 24.6 Å². The molecule has 1 aliphatic carbocycles. The third-order valence-electron chi connectivity index (χ3n) is 6.76. The molecule has 0 radical (unpaired) electrons. The van der Waals surface area contributed by atoms with Gasteiger partial charge in [0, 0.05) is 32.7 Å². The van der Waals surface area contributed by atoms with Crippen molar-refractivity contribution in [2.24, 2.45) is 5.92 Å². The van der Waals surface area contributed by atoms with E-state index in [-0.39, 0.29) is 32.2 Å². The number of hydrogen-bond donors (Lipinski definition) is 3. The lowest BCUT2D eigenvalue weighted by Gasteiger charge is -2.20. The zero-order valence-electron chi connectivity index (χ0n) is 24.1. The maximum Gasteiger partial charge on any atom is 0.408 e. The van der Waals surface area contributed by atoms with Gasteiger partial charge < -0.3 is 16.0 Å². The van der Waals surface area contributed by atoms with Crippen molar-refractivity contribution in [3.63, 3.8) is 0 Å². The number of carbonyl (C=O) groups excluding carboxylic acids is 3. The Morgan fingerprint density at radius 3 is 2.38 bits per heavy atom. The summed E-state index contributed by atoms with van der Waals surface area (Å²) in [5.74, 6) is -8.21. The topological polar surface area (TPSA) is 156 Å². The highest BCUT2D eigenvalue weighted by Gasteiger charge is 2.47. The van der Waals surface area contributed by atoms with Gasteiger partial charge in [0.2, 0.25) is 23.9 Å². The predicted octanol–water partition coefficient (Wildman–Crippen LogP) is 3.71. The molecule has 45 heavy (non-hydrogen) atoms. The summed E-state index contributed by atoms with van der Waals surface area (Å²) in [5.41, 5.74) is -0.393. The first-order valence-electron chi connectivity index (χ1n) is 13.7. The third kappa shape index (κ3) is 10.1. The van der Waals surface area contributed by atoms with Crippen LogP contribution in [0.25, 0.3) is 5.65 Å². The second-order valence-electron chi connectivity index (χ2n) is 10.5. The van der Waals surface area contributed by atoms with Crippen molar-refractivity contribution in [3.05, 3.63) is 41.1 Å². The molecule has 5 rings (SSSR count). The van der Waals surface area contributed by atoms with Crippen molar-refractivity contribution in [1.29, 1.82) is 0 Å². The minimum absolute atomic E-state index is 0.0496. The molecular weight excluding hydrogens is 621 g/mol. The molecule has 1 aliphatic heterocycles. The van der Waals surface area contributed by atoms with Crippen LogP contribution in [-0.4, -0.2) is 68.3 Å². The number of fused-ring (bicyclic) bond motifs is 1. The summed E-state index contributed by atoms with van der Waals surface area (Å²) >= 11 is 0. The highest BCUT2D eigenvalue weighted by atomic mass is 19.4. The Bertz CT molecular complexity index is 1450. The second kappa shape index (κ2) is 14.6. The van der Waals surface area contributed by atoms with Crippen molar-refractivity contribution in [2.45, 2.75) is 82.5 Å². The van der Waals surface area contributed by atoms with Gasteiger partial charge in [0.15, 0.2) is 11.3 Å². The molecule has 12 nitrogen and oxygen atoms in total. The molecule has 1 saturated heterocycles. The number of aromatic nitrogens is 5. The fourth-order valence-corrected chi connectivity index (χ4v) is 4.53. The highest BCUT2D eigenvalue weighted by molar-refractivity contribution is 5.93. The smallest absolute Gasteiger partial charge is 0.362 e. The molecule has 3 amide bonds. The van der Waals surface area contributed by atoms with E-state index in [1.807, 2.05) is 5.32 Å². The highest BCUT2D eigenvalue weighted by Crippen LogP contribution is 2.33. The standard InChI is InChI=1S/C18H16F5N7O3.C6H10F2.C2H5NO/c1-17(19,20)14-13(28-33-29-14)16(32)24-6-10-7-30-12(26-10)3-8(5-25-30)2-9-4-11(18(21,22)23)27-15(9)31;7-6(8)4-2-1-3-5-6;1-3-2-4/h3,5,7,9,11H,2,4,6H2,1H3,(H,24,32)(H,27,31);1-5H2;2H,1H3,(H,3,4). The van der Waals surface area contributed by atoms with Gasteiger partial charge in [0.25, 0.3) is 11.8 Å². The van der Waals surface area contributed by atoms with Gasteiger partial charge in [-0.2, -0.15) is 27.1 Å². The maximum atomic E-state index is 13.5. The summed E-state index contributed by atoms with van der Waals surface area (Å²) in [6, 6.07) is -0.314. The number of alkyl halides is 7. The van der Waals surface area contributed by atoms with E-state index in [1.165, 1.54) is 16.9 Å². The van der Waals surface area contributed by atoms with Crippen LogP contribution >= 0.6 is 0 Å². The Morgan fingerprint density at radius 1 is 1.18 bits per heavy atom.